The Morgan fingerprint density at radius 3 is 2.47 bits per heavy atom. The van der Waals surface area contributed by atoms with Crippen molar-refractivity contribution in [3.63, 3.8) is 0 Å². The molecular formula is C23H19F5N4O3S. The van der Waals surface area contributed by atoms with Gasteiger partial charge in [-0.25, -0.2) is 27.2 Å². The van der Waals surface area contributed by atoms with Crippen LogP contribution in [0.15, 0.2) is 65.8 Å². The Labute approximate surface area is 203 Å². The first-order chi connectivity index (χ1) is 16.9. The van der Waals surface area contributed by atoms with Crippen molar-refractivity contribution in [2.24, 2.45) is 0 Å². The molecule has 1 aliphatic heterocycles. The molecule has 1 N–H and O–H groups in total. The zero-order chi connectivity index (χ0) is 26.1. The van der Waals surface area contributed by atoms with Crippen molar-refractivity contribution in [3.05, 3.63) is 78.0 Å². The molecule has 0 bridgehead atoms. The van der Waals surface area contributed by atoms with Crippen molar-refractivity contribution >= 4 is 15.9 Å². The third-order valence-electron chi connectivity index (χ3n) is 5.59. The molecule has 1 aromatic heterocycles. The van der Waals surface area contributed by atoms with Crippen LogP contribution in [-0.2, 0) is 27.5 Å². The van der Waals surface area contributed by atoms with Gasteiger partial charge in [0.1, 0.15) is 24.4 Å². The highest BCUT2D eigenvalue weighted by molar-refractivity contribution is 7.89. The Kier molecular flexibility index (Phi) is 7.05. The maximum atomic E-state index is 14.2. The molecule has 13 heteroatoms. The van der Waals surface area contributed by atoms with Crippen molar-refractivity contribution < 1.29 is 35.2 Å². The average Bonchev–Trinajstić information content (AvgIpc) is 3.25. The minimum Gasteiger partial charge on any atom is -0.349 e. The van der Waals surface area contributed by atoms with Gasteiger partial charge in [0.2, 0.25) is 15.9 Å². The Morgan fingerprint density at radius 2 is 1.81 bits per heavy atom. The van der Waals surface area contributed by atoms with Gasteiger partial charge in [0.25, 0.3) is 0 Å². The zero-order valence-electron chi connectivity index (χ0n) is 18.4. The Balaban J connectivity index is 1.47. The van der Waals surface area contributed by atoms with Gasteiger partial charge in [-0.2, -0.15) is 17.5 Å². The van der Waals surface area contributed by atoms with Gasteiger partial charge in [-0.3, -0.25) is 4.79 Å². The van der Waals surface area contributed by atoms with Crippen LogP contribution in [0.25, 0.3) is 11.3 Å². The van der Waals surface area contributed by atoms with Gasteiger partial charge in [-0.05, 0) is 36.4 Å². The normalized spacial score (nSPS) is 18.8. The largest absolute Gasteiger partial charge is 0.416 e. The van der Waals surface area contributed by atoms with Gasteiger partial charge in [-0.1, -0.05) is 18.2 Å². The lowest BCUT2D eigenvalue weighted by atomic mass is 10.1. The Morgan fingerprint density at radius 1 is 1.08 bits per heavy atom. The summed E-state index contributed by atoms with van der Waals surface area (Å²) in [5.41, 5.74) is 0.181. The van der Waals surface area contributed by atoms with E-state index >= 15 is 0 Å². The Hall–Kier alpha value is -3.45. The quantitative estimate of drug-likeness (QED) is 0.495. The first-order valence-corrected chi connectivity index (χ1v) is 12.1. The molecule has 1 amide bonds. The molecule has 7 nitrogen and oxygen atoms in total. The van der Waals surface area contributed by atoms with Gasteiger partial charge < -0.3 is 5.32 Å². The van der Waals surface area contributed by atoms with Crippen LogP contribution in [0.3, 0.4) is 0 Å². The predicted octanol–water partition coefficient (Wildman–Crippen LogP) is 3.72. The molecule has 2 atom stereocenters. The number of nitrogens with zero attached hydrogens (tertiary/aromatic N) is 3. The maximum Gasteiger partial charge on any atom is 0.416 e. The van der Waals surface area contributed by atoms with Crippen molar-refractivity contribution in [2.75, 3.05) is 6.54 Å². The molecule has 3 aromatic rings. The number of sulfonamides is 1. The summed E-state index contributed by atoms with van der Waals surface area (Å²) in [4.78, 5) is 20.4. The van der Waals surface area contributed by atoms with E-state index in [1.165, 1.54) is 30.6 Å². The molecule has 36 heavy (non-hydrogen) atoms. The minimum absolute atomic E-state index is 0.170. The molecule has 0 aliphatic carbocycles. The topological polar surface area (TPSA) is 92.3 Å². The molecule has 190 valence electrons. The highest BCUT2D eigenvalue weighted by atomic mass is 32.2. The first-order valence-electron chi connectivity index (χ1n) is 10.6. The standard InChI is InChI=1S/C23H19F5N4O3S/c24-16-2-1-3-19(8-16)36(34,35)32-12-17(25)9-21(32)22(33)29-11-18-10-20(31-13-30-18)14-4-6-15(7-5-14)23(26,27)28/h1-8,10,13,17,21H,9,11-12H2,(H,29,33)/t17-,21+/m1/s1. The van der Waals surface area contributed by atoms with Crippen molar-refractivity contribution in [3.8, 4) is 11.3 Å². The van der Waals surface area contributed by atoms with Crippen LogP contribution in [0.5, 0.6) is 0 Å². The van der Waals surface area contributed by atoms with Crippen LogP contribution in [0, 0.1) is 5.82 Å². The molecule has 1 saturated heterocycles. The van der Waals surface area contributed by atoms with E-state index < -0.39 is 57.1 Å². The highest BCUT2D eigenvalue weighted by Gasteiger charge is 2.44. The number of aromatic nitrogens is 2. The fourth-order valence-corrected chi connectivity index (χ4v) is 5.46. The third kappa shape index (κ3) is 5.51. The molecule has 0 spiro atoms. The van der Waals surface area contributed by atoms with Gasteiger partial charge in [0, 0.05) is 18.5 Å². The molecule has 0 unspecified atom stereocenters. The summed E-state index contributed by atoms with van der Waals surface area (Å²) >= 11 is 0. The van der Waals surface area contributed by atoms with Crippen LogP contribution < -0.4 is 5.32 Å². The van der Waals surface area contributed by atoms with Crippen molar-refractivity contribution in [1.82, 2.24) is 19.6 Å². The number of nitrogens with one attached hydrogen (secondary N) is 1. The predicted molar refractivity (Wildman–Crippen MR) is 118 cm³/mol. The summed E-state index contributed by atoms with van der Waals surface area (Å²) in [7, 11) is -4.34. The number of amides is 1. The van der Waals surface area contributed by atoms with E-state index in [1.54, 1.807) is 0 Å². The molecule has 0 saturated carbocycles. The number of hydrogen-bond acceptors (Lipinski definition) is 5. The molecule has 2 heterocycles. The molecule has 4 rings (SSSR count). The van der Waals surface area contributed by atoms with Crippen LogP contribution in [0.1, 0.15) is 17.7 Å². The summed E-state index contributed by atoms with van der Waals surface area (Å²) < 4.78 is 92.6. The van der Waals surface area contributed by atoms with E-state index in [1.807, 2.05) is 0 Å². The minimum atomic E-state index is -4.48. The van der Waals surface area contributed by atoms with Crippen molar-refractivity contribution in [1.29, 1.82) is 0 Å². The number of rotatable bonds is 6. The summed E-state index contributed by atoms with van der Waals surface area (Å²) in [5, 5.41) is 2.51. The fraction of sp³-hybridized carbons (Fsp3) is 0.261. The first kappa shape index (κ1) is 25.6. The lowest BCUT2D eigenvalue weighted by Gasteiger charge is -2.23. The van der Waals surface area contributed by atoms with Gasteiger partial charge >= 0.3 is 6.18 Å². The lowest BCUT2D eigenvalue weighted by Crippen LogP contribution is -2.45. The molecule has 1 fully saturated rings. The SMILES string of the molecule is O=C(NCc1cc(-c2ccc(C(F)(F)F)cc2)ncn1)[C@@H]1C[C@@H](F)CN1S(=O)(=O)c1cccc(F)c1. The van der Waals surface area contributed by atoms with Crippen LogP contribution in [0.4, 0.5) is 22.0 Å². The van der Waals surface area contributed by atoms with Crippen LogP contribution in [0.2, 0.25) is 0 Å². The molecule has 0 radical (unpaired) electrons. The molecule has 1 aliphatic rings. The maximum absolute atomic E-state index is 14.2. The van der Waals surface area contributed by atoms with Gasteiger partial charge in [0.15, 0.2) is 0 Å². The number of halogens is 5. The molecular weight excluding hydrogens is 507 g/mol. The smallest absolute Gasteiger partial charge is 0.349 e. The number of benzene rings is 2. The number of carbonyl (C=O) groups excluding carboxylic acids is 1. The number of hydrogen-bond donors (Lipinski definition) is 1. The summed E-state index contributed by atoms with van der Waals surface area (Å²) in [6, 6.07) is 8.64. The van der Waals surface area contributed by atoms with E-state index in [-0.39, 0.29) is 13.0 Å². The number of alkyl halides is 4. The second-order valence-corrected chi connectivity index (χ2v) is 9.96. The third-order valence-corrected chi connectivity index (χ3v) is 7.46. The van der Waals surface area contributed by atoms with E-state index in [4.69, 9.17) is 0 Å². The lowest BCUT2D eigenvalue weighted by molar-refractivity contribution is -0.137. The summed E-state index contributed by atoms with van der Waals surface area (Å²) in [6.07, 6.45) is -5.27. The highest BCUT2D eigenvalue weighted by Crippen LogP contribution is 2.31. The van der Waals surface area contributed by atoms with Crippen molar-refractivity contribution in [2.45, 2.75) is 36.3 Å². The van der Waals surface area contributed by atoms with Gasteiger partial charge in [-0.15, -0.1) is 0 Å². The zero-order valence-corrected chi connectivity index (χ0v) is 19.2. The van der Waals surface area contributed by atoms with E-state index in [0.29, 0.717) is 21.3 Å². The van der Waals surface area contributed by atoms with E-state index in [0.717, 1.165) is 30.3 Å². The Bertz CT molecular complexity index is 1370. The second-order valence-electron chi connectivity index (χ2n) is 8.07. The monoisotopic (exact) mass is 526 g/mol. The van der Waals surface area contributed by atoms with E-state index in [9.17, 15) is 35.2 Å². The van der Waals surface area contributed by atoms with E-state index in [2.05, 4.69) is 15.3 Å². The molecule has 2 aromatic carbocycles. The number of carbonyl (C=O) groups is 1. The van der Waals surface area contributed by atoms with Crippen LogP contribution in [-0.4, -0.2) is 47.4 Å². The fourth-order valence-electron chi connectivity index (χ4n) is 3.80. The van der Waals surface area contributed by atoms with Gasteiger partial charge in [0.05, 0.1) is 28.4 Å². The average molecular weight is 526 g/mol. The summed E-state index contributed by atoms with van der Waals surface area (Å²) in [5.74, 6) is -1.56. The second kappa shape index (κ2) is 9.90. The van der Waals surface area contributed by atoms with Crippen LogP contribution >= 0.6 is 0 Å². The summed E-state index contributed by atoms with van der Waals surface area (Å²) in [6.45, 7) is -0.723.